The molecule has 2 aromatic carbocycles. The second kappa shape index (κ2) is 22.5. The van der Waals surface area contributed by atoms with Crippen molar-refractivity contribution in [2.75, 3.05) is 13.1 Å². The molecule has 0 radical (unpaired) electrons. The van der Waals surface area contributed by atoms with Gasteiger partial charge in [-0.15, -0.1) is 0 Å². The van der Waals surface area contributed by atoms with E-state index < -0.39 is 0 Å². The molecule has 2 atom stereocenters. The van der Waals surface area contributed by atoms with Gasteiger partial charge in [0, 0.05) is 35.3 Å². The lowest BCUT2D eigenvalue weighted by molar-refractivity contribution is 0.196. The van der Waals surface area contributed by atoms with E-state index in [1.165, 1.54) is 106 Å². The molecule has 4 aliphatic rings. The molecule has 53 heavy (non-hydrogen) atoms. The van der Waals surface area contributed by atoms with Gasteiger partial charge in [-0.2, -0.15) is 10.2 Å². The zero-order valence-corrected chi connectivity index (χ0v) is 33.0. The van der Waals surface area contributed by atoms with E-state index in [-0.39, 0.29) is 23.9 Å². The van der Waals surface area contributed by atoms with E-state index >= 15 is 0 Å². The molecule has 6 rings (SSSR count). The molecule has 0 spiro atoms. The molecule has 4 amide bonds. The summed E-state index contributed by atoms with van der Waals surface area (Å²) in [6, 6.07) is 21.7. The molecule has 2 N–H and O–H groups in total. The summed E-state index contributed by atoms with van der Waals surface area (Å²) in [5, 5.41) is 19.4. The summed E-state index contributed by atoms with van der Waals surface area (Å²) in [5.74, 6) is 0.485. The number of urea groups is 2. The largest absolute Gasteiger partial charge is 0.338 e. The average molecular weight is 725 g/mol. The maximum absolute atomic E-state index is 12.9. The Morgan fingerprint density at radius 2 is 0.906 bits per heavy atom. The number of nitrogens with one attached hydrogen (secondary N) is 2. The zero-order valence-electron chi connectivity index (χ0n) is 33.0. The first kappa shape index (κ1) is 40.5. The number of rotatable bonds is 12. The Morgan fingerprint density at radius 3 is 1.26 bits per heavy atom. The number of nitrogens with zero attached hydrogens (tertiary/aromatic N) is 4. The first-order valence-corrected chi connectivity index (χ1v) is 21.5. The minimum Gasteiger partial charge on any atom is -0.334 e. The topological polar surface area (TPSA) is 89.4 Å². The predicted octanol–water partition coefficient (Wildman–Crippen LogP) is 11.3. The van der Waals surface area contributed by atoms with Gasteiger partial charge in [0.25, 0.3) is 0 Å². The van der Waals surface area contributed by atoms with Crippen LogP contribution in [0.15, 0.2) is 70.9 Å². The average Bonchev–Trinajstić information content (AvgIpc) is 3.71. The first-order valence-electron chi connectivity index (χ1n) is 21.5. The third-order valence-electron chi connectivity index (χ3n) is 11.6. The minimum atomic E-state index is -0.0108. The molecule has 2 aliphatic heterocycles. The minimum absolute atomic E-state index is 0.00741. The van der Waals surface area contributed by atoms with Crippen molar-refractivity contribution in [1.82, 2.24) is 20.7 Å². The van der Waals surface area contributed by atoms with Gasteiger partial charge in [0.05, 0.1) is 13.1 Å². The van der Waals surface area contributed by atoms with E-state index in [1.54, 1.807) is 10.0 Å². The lowest BCUT2D eigenvalue weighted by atomic mass is 9.92. The Kier molecular flexibility index (Phi) is 17.2. The summed E-state index contributed by atoms with van der Waals surface area (Å²) in [6.45, 7) is 5.78. The smallest absolute Gasteiger partial charge is 0.334 e. The number of hydrogen-bond donors (Lipinski definition) is 2. The Morgan fingerprint density at radius 1 is 0.547 bits per heavy atom. The molecule has 2 saturated carbocycles. The van der Waals surface area contributed by atoms with Gasteiger partial charge in [0.1, 0.15) is 0 Å². The highest BCUT2D eigenvalue weighted by Crippen LogP contribution is 2.30. The quantitative estimate of drug-likeness (QED) is 0.169. The number of carbonyl (C=O) groups is 2. The fraction of sp³-hybridized carbons (Fsp3) is 0.644. The molecule has 0 saturated heterocycles. The summed E-state index contributed by atoms with van der Waals surface area (Å²) < 4.78 is 0. The van der Waals surface area contributed by atoms with Gasteiger partial charge in [-0.05, 0) is 62.5 Å². The summed E-state index contributed by atoms with van der Waals surface area (Å²) in [6.07, 6.45) is 25.0. The van der Waals surface area contributed by atoms with Crippen LogP contribution in [-0.2, 0) is 0 Å². The number of hydrogen-bond acceptors (Lipinski definition) is 4. The molecule has 8 nitrogen and oxygen atoms in total. The van der Waals surface area contributed by atoms with Crippen LogP contribution in [0.1, 0.15) is 172 Å². The van der Waals surface area contributed by atoms with Crippen molar-refractivity contribution in [3.63, 3.8) is 0 Å². The van der Waals surface area contributed by atoms with Gasteiger partial charge in [-0.25, -0.2) is 19.6 Å². The van der Waals surface area contributed by atoms with Crippen molar-refractivity contribution in [2.45, 2.75) is 173 Å². The lowest BCUT2D eigenvalue weighted by Gasteiger charge is -2.23. The highest BCUT2D eigenvalue weighted by atomic mass is 16.2. The Labute approximate surface area is 320 Å². The first-order chi connectivity index (χ1) is 26.1. The Balaban J connectivity index is 0.000000204. The van der Waals surface area contributed by atoms with Gasteiger partial charge >= 0.3 is 12.1 Å². The fourth-order valence-electron chi connectivity index (χ4n) is 8.39. The Hall–Kier alpha value is -3.68. The van der Waals surface area contributed by atoms with Crippen LogP contribution in [0.3, 0.4) is 0 Å². The van der Waals surface area contributed by atoms with E-state index in [4.69, 9.17) is 10.2 Å². The van der Waals surface area contributed by atoms with Crippen LogP contribution in [0.5, 0.6) is 0 Å². The number of unbranched alkanes of at least 4 members (excludes halogenated alkanes) is 4. The molecule has 0 bridgehead atoms. The Bertz CT molecular complexity index is 1410. The fourth-order valence-corrected chi connectivity index (χ4v) is 8.39. The van der Waals surface area contributed by atoms with Crippen molar-refractivity contribution in [3.05, 3.63) is 71.8 Å². The van der Waals surface area contributed by atoms with Crippen LogP contribution >= 0.6 is 0 Å². The molecule has 0 aromatic heterocycles. The molecule has 2 fully saturated rings. The van der Waals surface area contributed by atoms with Gasteiger partial charge in [0.2, 0.25) is 0 Å². The molecule has 2 aliphatic carbocycles. The highest BCUT2D eigenvalue weighted by Gasteiger charge is 2.33. The van der Waals surface area contributed by atoms with Crippen LogP contribution in [0.4, 0.5) is 9.59 Å². The number of amides is 4. The molecular formula is C45H68N6O2. The van der Waals surface area contributed by atoms with Crippen LogP contribution in [0.2, 0.25) is 0 Å². The predicted molar refractivity (Wildman–Crippen MR) is 220 cm³/mol. The second-order valence-electron chi connectivity index (χ2n) is 15.8. The maximum atomic E-state index is 12.9. The third-order valence-corrected chi connectivity index (χ3v) is 11.6. The standard InChI is InChI=1S/C23H35N3O.C22H33N3O/c1-2-3-8-17-22-21(19-13-9-7-10-14-19)18-26(25-22)23(27)24-20-15-11-5-4-6-12-16-20;1-2-3-7-16-21-20(18-12-8-6-9-13-18)17-25(24-21)22(26)23-19-14-10-4-5-11-15-19/h7,9-10,13-14,20-21H,2-6,8,11-12,15-18H2,1H3,(H,24,27);6,8-9,12-13,19-20H,2-5,7,10-11,14-17H2,1H3,(H,23,26). The van der Waals surface area contributed by atoms with Crippen LogP contribution in [0, 0.1) is 0 Å². The molecule has 2 heterocycles. The zero-order chi connectivity index (χ0) is 37.1. The second-order valence-corrected chi connectivity index (χ2v) is 15.8. The number of carbonyl (C=O) groups excluding carboxylic acids is 2. The SMILES string of the molecule is CCCCCC1=NN(C(=O)NC2CCCCCC2)CC1c1ccccc1.CCCCCC1=NN(C(=O)NC2CCCCCCC2)CC1c1ccccc1. The van der Waals surface area contributed by atoms with E-state index in [1.807, 2.05) is 12.1 Å². The maximum Gasteiger partial charge on any atom is 0.338 e. The highest BCUT2D eigenvalue weighted by molar-refractivity contribution is 5.95. The monoisotopic (exact) mass is 725 g/mol. The molecule has 290 valence electrons. The van der Waals surface area contributed by atoms with Crippen LogP contribution in [-0.4, -0.2) is 58.7 Å². The van der Waals surface area contributed by atoms with Gasteiger partial charge in [-0.1, -0.05) is 158 Å². The van der Waals surface area contributed by atoms with Crippen molar-refractivity contribution in [2.24, 2.45) is 10.2 Å². The van der Waals surface area contributed by atoms with Crippen molar-refractivity contribution < 1.29 is 9.59 Å². The molecular weight excluding hydrogens is 657 g/mol. The van der Waals surface area contributed by atoms with Gasteiger partial charge < -0.3 is 10.6 Å². The van der Waals surface area contributed by atoms with Crippen LogP contribution < -0.4 is 10.6 Å². The van der Waals surface area contributed by atoms with E-state index in [0.717, 1.165) is 51.4 Å². The summed E-state index contributed by atoms with van der Waals surface area (Å²) in [5.41, 5.74) is 4.88. The number of hydrazone groups is 2. The summed E-state index contributed by atoms with van der Waals surface area (Å²) in [7, 11) is 0. The molecule has 8 heteroatoms. The van der Waals surface area contributed by atoms with Crippen molar-refractivity contribution in [3.8, 4) is 0 Å². The third kappa shape index (κ3) is 13.0. The summed E-state index contributed by atoms with van der Waals surface area (Å²) in [4.78, 5) is 25.7. The number of benzene rings is 2. The van der Waals surface area contributed by atoms with Crippen molar-refractivity contribution in [1.29, 1.82) is 0 Å². The van der Waals surface area contributed by atoms with Gasteiger partial charge in [-0.3, -0.25) is 0 Å². The normalized spacial score (nSPS) is 21.4. The molecule has 2 unspecified atom stereocenters. The molecule has 2 aromatic rings. The van der Waals surface area contributed by atoms with Gasteiger partial charge in [0.15, 0.2) is 0 Å². The van der Waals surface area contributed by atoms with E-state index in [9.17, 15) is 9.59 Å². The van der Waals surface area contributed by atoms with Crippen molar-refractivity contribution >= 4 is 23.5 Å². The van der Waals surface area contributed by atoms with Crippen LogP contribution in [0.25, 0.3) is 0 Å². The van der Waals surface area contributed by atoms with E-state index in [2.05, 4.69) is 73.0 Å². The van der Waals surface area contributed by atoms with E-state index in [0.29, 0.717) is 25.2 Å². The lowest BCUT2D eigenvalue weighted by Crippen LogP contribution is -2.42. The summed E-state index contributed by atoms with van der Waals surface area (Å²) >= 11 is 0.